The molecule has 26 heavy (non-hydrogen) atoms. The van der Waals surface area contributed by atoms with Crippen LogP contribution < -0.4 is 10.1 Å². The summed E-state index contributed by atoms with van der Waals surface area (Å²) >= 11 is 1.41. The van der Waals surface area contributed by atoms with Gasteiger partial charge < -0.3 is 19.7 Å². The molecule has 9 heteroatoms. The molecule has 3 heterocycles. The highest BCUT2D eigenvalue weighted by Gasteiger charge is 2.31. The minimum absolute atomic E-state index is 0. The number of hydrogen-bond donors (Lipinski definition) is 1. The molecule has 0 aliphatic carbocycles. The number of likely N-dealkylation sites (tertiary alicyclic amines) is 1. The zero-order chi connectivity index (χ0) is 18.0. The van der Waals surface area contributed by atoms with Crippen LogP contribution in [0.1, 0.15) is 33.9 Å². The monoisotopic (exact) mass is 400 g/mol. The summed E-state index contributed by atoms with van der Waals surface area (Å²) in [5, 5.41) is 4.00. The normalized spacial score (nSPS) is 16.8. The average Bonchev–Trinajstić information content (AvgIpc) is 3.19. The molecule has 3 rings (SSSR count). The fraction of sp³-hybridized carbons (Fsp3) is 0.588. The van der Waals surface area contributed by atoms with Crippen LogP contribution in [0.25, 0.3) is 10.2 Å². The quantitative estimate of drug-likeness (QED) is 0.802. The lowest BCUT2D eigenvalue weighted by molar-refractivity contribution is 0.0741. The number of methoxy groups -OCH3 is 2. The molecule has 1 N–H and O–H groups in total. The van der Waals surface area contributed by atoms with Gasteiger partial charge in [-0.3, -0.25) is 4.79 Å². The van der Waals surface area contributed by atoms with Gasteiger partial charge in [0.25, 0.3) is 5.91 Å². The van der Waals surface area contributed by atoms with Crippen LogP contribution in [-0.2, 0) is 11.3 Å². The maximum atomic E-state index is 13.1. The Morgan fingerprint density at radius 1 is 1.38 bits per heavy atom. The summed E-state index contributed by atoms with van der Waals surface area (Å²) in [4.78, 5) is 25.5. The molecule has 1 aliphatic heterocycles. The predicted octanol–water partition coefficient (Wildman–Crippen LogP) is 2.40. The Kier molecular flexibility index (Phi) is 7.16. The van der Waals surface area contributed by atoms with Crippen molar-refractivity contribution in [2.45, 2.75) is 32.4 Å². The third-order valence-electron chi connectivity index (χ3n) is 4.54. The highest BCUT2D eigenvalue weighted by molar-refractivity contribution is 7.20. The number of halogens is 1. The summed E-state index contributed by atoms with van der Waals surface area (Å²) in [5.74, 6) is 1.13. The van der Waals surface area contributed by atoms with Crippen molar-refractivity contribution >= 4 is 39.9 Å². The van der Waals surface area contributed by atoms with Gasteiger partial charge in [-0.15, -0.1) is 23.7 Å². The van der Waals surface area contributed by atoms with Gasteiger partial charge in [-0.2, -0.15) is 4.98 Å². The second-order valence-electron chi connectivity index (χ2n) is 6.17. The third-order valence-corrected chi connectivity index (χ3v) is 5.72. The Labute approximate surface area is 163 Å². The number of aromatic nitrogens is 2. The number of rotatable bonds is 6. The van der Waals surface area contributed by atoms with Gasteiger partial charge in [0, 0.05) is 26.2 Å². The highest BCUT2D eigenvalue weighted by Crippen LogP contribution is 2.36. The standard InChI is InChI=1S/C17H24N4O3S.ClH/c1-10-13-15(24-4)19-12(9-23-3)20-16(13)25-14(10)17(22)21-7-5-6-11(21)8-18-2;/h11,18H,5-9H2,1-4H3;1H. The summed E-state index contributed by atoms with van der Waals surface area (Å²) in [6.07, 6.45) is 2.08. The minimum Gasteiger partial charge on any atom is -0.480 e. The van der Waals surface area contributed by atoms with E-state index in [1.54, 1.807) is 14.2 Å². The fourth-order valence-corrected chi connectivity index (χ4v) is 4.52. The first kappa shape index (κ1) is 20.8. The van der Waals surface area contributed by atoms with E-state index in [0.717, 1.165) is 46.6 Å². The molecule has 2 aromatic rings. The average molecular weight is 401 g/mol. The lowest BCUT2D eigenvalue weighted by Gasteiger charge is -2.24. The molecule has 7 nitrogen and oxygen atoms in total. The summed E-state index contributed by atoms with van der Waals surface area (Å²) < 4.78 is 10.6. The van der Waals surface area contributed by atoms with Crippen molar-refractivity contribution in [3.63, 3.8) is 0 Å². The van der Waals surface area contributed by atoms with E-state index in [9.17, 15) is 4.79 Å². The number of hydrogen-bond acceptors (Lipinski definition) is 7. The van der Waals surface area contributed by atoms with Crippen molar-refractivity contribution < 1.29 is 14.3 Å². The molecule has 2 aromatic heterocycles. The Morgan fingerprint density at radius 3 is 2.81 bits per heavy atom. The van der Waals surface area contributed by atoms with E-state index in [2.05, 4.69) is 15.3 Å². The maximum absolute atomic E-state index is 13.1. The van der Waals surface area contributed by atoms with Crippen molar-refractivity contribution in [1.82, 2.24) is 20.2 Å². The van der Waals surface area contributed by atoms with Crippen LogP contribution in [0, 0.1) is 6.92 Å². The first-order valence-corrected chi connectivity index (χ1v) is 9.20. The number of carbonyl (C=O) groups excluding carboxylic acids is 1. The number of ether oxygens (including phenoxy) is 2. The lowest BCUT2D eigenvalue weighted by Crippen LogP contribution is -2.40. The Bertz CT molecular complexity index is 783. The second-order valence-corrected chi connectivity index (χ2v) is 7.17. The van der Waals surface area contributed by atoms with Gasteiger partial charge in [-0.05, 0) is 32.4 Å². The van der Waals surface area contributed by atoms with Gasteiger partial charge in [-0.1, -0.05) is 0 Å². The Morgan fingerprint density at radius 2 is 2.15 bits per heavy atom. The van der Waals surface area contributed by atoms with Crippen molar-refractivity contribution in [2.24, 2.45) is 0 Å². The minimum atomic E-state index is 0. The van der Waals surface area contributed by atoms with E-state index in [1.165, 1.54) is 11.3 Å². The predicted molar refractivity (Wildman–Crippen MR) is 105 cm³/mol. The molecule has 0 aromatic carbocycles. The number of amides is 1. The van der Waals surface area contributed by atoms with Crippen molar-refractivity contribution in [1.29, 1.82) is 0 Å². The molecule has 1 saturated heterocycles. The van der Waals surface area contributed by atoms with Crippen LogP contribution in [-0.4, -0.2) is 61.2 Å². The molecule has 0 spiro atoms. The molecule has 0 radical (unpaired) electrons. The van der Waals surface area contributed by atoms with Crippen LogP contribution in [0.3, 0.4) is 0 Å². The Hall–Kier alpha value is -1.48. The first-order valence-electron chi connectivity index (χ1n) is 8.39. The van der Waals surface area contributed by atoms with Crippen molar-refractivity contribution in [3.8, 4) is 5.88 Å². The molecular weight excluding hydrogens is 376 g/mol. The van der Waals surface area contributed by atoms with Gasteiger partial charge in [-0.25, -0.2) is 4.98 Å². The van der Waals surface area contributed by atoms with Crippen LogP contribution in [0.4, 0.5) is 0 Å². The van der Waals surface area contributed by atoms with E-state index in [-0.39, 0.29) is 24.4 Å². The molecule has 0 saturated carbocycles. The number of fused-ring (bicyclic) bond motifs is 1. The maximum Gasteiger partial charge on any atom is 0.264 e. The number of thiophene rings is 1. The van der Waals surface area contributed by atoms with Gasteiger partial charge in [0.1, 0.15) is 11.4 Å². The molecule has 1 aliphatic rings. The highest BCUT2D eigenvalue weighted by atomic mass is 35.5. The molecule has 1 amide bonds. The fourth-order valence-electron chi connectivity index (χ4n) is 3.37. The molecule has 1 atom stereocenters. The zero-order valence-electron chi connectivity index (χ0n) is 15.5. The largest absolute Gasteiger partial charge is 0.480 e. The van der Waals surface area contributed by atoms with Gasteiger partial charge in [0.15, 0.2) is 5.82 Å². The second kappa shape index (κ2) is 8.94. The summed E-state index contributed by atoms with van der Waals surface area (Å²) in [5.41, 5.74) is 0.890. The lowest BCUT2D eigenvalue weighted by atomic mass is 10.1. The van der Waals surface area contributed by atoms with Crippen molar-refractivity contribution in [3.05, 3.63) is 16.3 Å². The van der Waals surface area contributed by atoms with E-state index >= 15 is 0 Å². The molecular formula is C17H25ClN4O3S. The number of nitrogens with one attached hydrogen (secondary N) is 1. The molecule has 0 bridgehead atoms. The molecule has 1 fully saturated rings. The number of carbonyl (C=O) groups is 1. The summed E-state index contributed by atoms with van der Waals surface area (Å²) in [7, 11) is 5.10. The number of likely N-dealkylation sites (N-methyl/N-ethyl adjacent to an activating group) is 1. The molecule has 144 valence electrons. The van der Waals surface area contributed by atoms with Gasteiger partial charge in [0.05, 0.1) is 17.4 Å². The van der Waals surface area contributed by atoms with E-state index in [0.29, 0.717) is 18.3 Å². The van der Waals surface area contributed by atoms with Gasteiger partial charge in [0.2, 0.25) is 5.88 Å². The SMILES string of the molecule is CNCC1CCCN1C(=O)c1sc2nc(COC)nc(OC)c2c1C.Cl. The Balaban J connectivity index is 0.00000243. The van der Waals surface area contributed by atoms with Gasteiger partial charge >= 0.3 is 0 Å². The van der Waals surface area contributed by atoms with Crippen LogP contribution >= 0.6 is 23.7 Å². The van der Waals surface area contributed by atoms with Crippen LogP contribution in [0.15, 0.2) is 0 Å². The van der Waals surface area contributed by atoms with E-state index in [4.69, 9.17) is 9.47 Å². The molecule has 1 unspecified atom stereocenters. The zero-order valence-corrected chi connectivity index (χ0v) is 17.1. The summed E-state index contributed by atoms with van der Waals surface area (Å²) in [6, 6.07) is 0.249. The number of nitrogens with zero attached hydrogens (tertiary/aromatic N) is 3. The number of aryl methyl sites for hydroxylation is 1. The van der Waals surface area contributed by atoms with E-state index < -0.39 is 0 Å². The third kappa shape index (κ3) is 3.78. The van der Waals surface area contributed by atoms with Crippen LogP contribution in [0.2, 0.25) is 0 Å². The van der Waals surface area contributed by atoms with Crippen LogP contribution in [0.5, 0.6) is 5.88 Å². The first-order chi connectivity index (χ1) is 12.1. The topological polar surface area (TPSA) is 76.6 Å². The smallest absolute Gasteiger partial charge is 0.264 e. The van der Waals surface area contributed by atoms with Crippen molar-refractivity contribution in [2.75, 3.05) is 34.4 Å². The summed E-state index contributed by atoms with van der Waals surface area (Å²) in [6.45, 7) is 3.87. The van der Waals surface area contributed by atoms with E-state index in [1.807, 2.05) is 18.9 Å².